The normalized spacial score (nSPS) is 27.2. The number of morpholine rings is 1. The lowest BCUT2D eigenvalue weighted by Crippen LogP contribution is -2.68. The Morgan fingerprint density at radius 1 is 1.03 bits per heavy atom. The van der Waals surface area contributed by atoms with E-state index >= 15 is 0 Å². The van der Waals surface area contributed by atoms with Gasteiger partial charge >= 0.3 is 0 Å². The van der Waals surface area contributed by atoms with Gasteiger partial charge < -0.3 is 19.3 Å². The third kappa shape index (κ3) is 5.06. The number of benzene rings is 2. The fourth-order valence-corrected chi connectivity index (χ4v) is 5.78. The van der Waals surface area contributed by atoms with E-state index in [2.05, 4.69) is 73.7 Å². The number of rotatable bonds is 6. The first-order valence-corrected chi connectivity index (χ1v) is 13.5. The van der Waals surface area contributed by atoms with Gasteiger partial charge in [0.05, 0.1) is 6.54 Å². The van der Waals surface area contributed by atoms with Crippen molar-refractivity contribution in [3.05, 3.63) is 64.7 Å². The fourth-order valence-electron chi connectivity index (χ4n) is 5.78. The molecule has 2 fully saturated rings. The van der Waals surface area contributed by atoms with E-state index in [4.69, 9.17) is 9.47 Å². The smallest absolute Gasteiger partial charge is 0.255 e. The molecule has 0 saturated carbocycles. The van der Waals surface area contributed by atoms with E-state index in [1.165, 1.54) is 5.56 Å². The predicted molar refractivity (Wildman–Crippen MR) is 157 cm³/mol. The zero-order chi connectivity index (χ0) is 27.2. The van der Waals surface area contributed by atoms with Crippen LogP contribution in [0.1, 0.15) is 39.9 Å². The molecule has 4 unspecified atom stereocenters. The third-order valence-corrected chi connectivity index (χ3v) is 8.52. The van der Waals surface area contributed by atoms with E-state index in [9.17, 15) is 14.4 Å². The predicted octanol–water partition coefficient (Wildman–Crippen LogP) is -3.34. The number of carbonyl (C=O) groups excluding carboxylic acids is 3. The van der Waals surface area contributed by atoms with Crippen LogP contribution in [0.3, 0.4) is 0 Å². The fraction of sp³-hybridized carbons (Fsp3) is 0.400. The van der Waals surface area contributed by atoms with Crippen molar-refractivity contribution < 1.29 is 23.9 Å². The Morgan fingerprint density at radius 2 is 1.74 bits per heavy atom. The summed E-state index contributed by atoms with van der Waals surface area (Å²) < 4.78 is 12.4. The average molecular weight is 509 g/mol. The minimum absolute atomic E-state index is 0.166. The quantitative estimate of drug-likeness (QED) is 0.324. The largest absolute Gasteiger partial charge is 0.489 e. The van der Waals surface area contributed by atoms with Crippen LogP contribution in [-0.2, 0) is 34.0 Å². The molecule has 5 rings (SSSR count). The summed E-state index contributed by atoms with van der Waals surface area (Å²) in [4.78, 5) is 41.0. The maximum atomic E-state index is 13.1. The van der Waals surface area contributed by atoms with Gasteiger partial charge in [-0.15, -0.1) is 0 Å². The molecule has 2 aromatic rings. The van der Waals surface area contributed by atoms with Crippen molar-refractivity contribution >= 4 is 57.0 Å². The van der Waals surface area contributed by atoms with Crippen LogP contribution in [0.2, 0.25) is 0 Å². The standard InChI is InChI=1S/C25H32B5N3O5/c26-20-21(27)38-25(29,30)24(28)33(20)10-13-4-6-14(7-5-13)12-37-18-3-1-2-15-16(18)11-32(23(15)36)17-8-9-19(34)31-22(17)35/h1-7,17,20-21,24H,8-12,26-30H2,(H,31,34,35). The van der Waals surface area contributed by atoms with Gasteiger partial charge in [0.1, 0.15) is 57.6 Å². The molecule has 8 nitrogen and oxygen atoms in total. The number of nitrogens with one attached hydrogen (secondary N) is 1. The van der Waals surface area contributed by atoms with Crippen molar-refractivity contribution in [3.63, 3.8) is 0 Å². The van der Waals surface area contributed by atoms with E-state index < -0.39 is 11.9 Å². The summed E-state index contributed by atoms with van der Waals surface area (Å²) in [6, 6.07) is 13.4. The first-order valence-electron chi connectivity index (χ1n) is 13.5. The number of fused-ring (bicyclic) bond motifs is 1. The molecule has 0 spiro atoms. The summed E-state index contributed by atoms with van der Waals surface area (Å²) in [6.07, 6.45) is 0.571. The summed E-state index contributed by atoms with van der Waals surface area (Å²) in [5.41, 5.74) is 3.61. The van der Waals surface area contributed by atoms with E-state index in [1.54, 1.807) is 17.0 Å². The molecule has 4 atom stereocenters. The van der Waals surface area contributed by atoms with Gasteiger partial charge in [-0.2, -0.15) is 0 Å². The van der Waals surface area contributed by atoms with Crippen LogP contribution in [0, 0.1) is 0 Å². The van der Waals surface area contributed by atoms with Crippen molar-refractivity contribution in [2.24, 2.45) is 0 Å². The third-order valence-electron chi connectivity index (χ3n) is 8.52. The molecular formula is C25H32B5N3O5. The Balaban J connectivity index is 1.24. The molecule has 0 bridgehead atoms. The SMILES string of the molecule is BC1OC(B)(B)C(B)N(Cc2ccc(COc3cccc4c3CN(C3CCC(=O)NC3=O)C4=O)cc2)C1B. The number of hydrogen-bond donors (Lipinski definition) is 1. The zero-order valence-corrected chi connectivity index (χ0v) is 22.8. The van der Waals surface area contributed by atoms with Gasteiger partial charge in [0.2, 0.25) is 11.8 Å². The summed E-state index contributed by atoms with van der Waals surface area (Å²) in [6.45, 7) is 1.52. The summed E-state index contributed by atoms with van der Waals surface area (Å²) in [5.74, 6) is 0.347. The Hall–Kier alpha value is -2.91. The number of imide groups is 1. The van der Waals surface area contributed by atoms with E-state index in [0.717, 1.165) is 17.7 Å². The van der Waals surface area contributed by atoms with Gasteiger partial charge in [-0.25, -0.2) is 0 Å². The highest BCUT2D eigenvalue weighted by molar-refractivity contribution is 6.43. The van der Waals surface area contributed by atoms with Gasteiger partial charge in [-0.1, -0.05) is 30.3 Å². The molecule has 3 amide bonds. The van der Waals surface area contributed by atoms with E-state index in [1.807, 2.05) is 6.07 Å². The number of hydrogen-bond acceptors (Lipinski definition) is 6. The van der Waals surface area contributed by atoms with Crippen LogP contribution in [-0.4, -0.2) is 96.1 Å². The maximum absolute atomic E-state index is 13.1. The van der Waals surface area contributed by atoms with Crippen LogP contribution in [0.25, 0.3) is 0 Å². The van der Waals surface area contributed by atoms with Crippen molar-refractivity contribution in [1.29, 1.82) is 0 Å². The number of carbonyl (C=O) groups is 3. The highest BCUT2D eigenvalue weighted by Crippen LogP contribution is 2.34. The van der Waals surface area contributed by atoms with Crippen LogP contribution < -0.4 is 10.1 Å². The Kier molecular flexibility index (Phi) is 7.26. The molecule has 13 heteroatoms. The van der Waals surface area contributed by atoms with Gasteiger partial charge in [-0.3, -0.25) is 19.7 Å². The molecule has 3 aliphatic rings. The molecule has 2 saturated heterocycles. The second kappa shape index (κ2) is 10.3. The monoisotopic (exact) mass is 509 g/mol. The first kappa shape index (κ1) is 26.7. The van der Waals surface area contributed by atoms with Gasteiger partial charge in [-0.05, 0) is 41.6 Å². The molecule has 0 aromatic heterocycles. The number of ether oxygens (including phenoxy) is 2. The molecule has 2 aromatic carbocycles. The molecule has 1 N–H and O–H groups in total. The molecular weight excluding hydrogens is 476 g/mol. The minimum atomic E-state index is -0.640. The lowest BCUT2D eigenvalue weighted by atomic mass is 9.52. The molecule has 0 aliphatic carbocycles. The number of nitrogens with zero attached hydrogens (tertiary/aromatic N) is 2. The molecule has 192 valence electrons. The van der Waals surface area contributed by atoms with Crippen LogP contribution in [0.5, 0.6) is 5.75 Å². The average Bonchev–Trinajstić information content (AvgIpc) is 3.21. The molecule has 3 heterocycles. The first-order chi connectivity index (χ1) is 18.0. The van der Waals surface area contributed by atoms with Crippen molar-refractivity contribution in [3.8, 4) is 5.75 Å². The summed E-state index contributed by atoms with van der Waals surface area (Å²) in [7, 11) is 10.9. The topological polar surface area (TPSA) is 88.2 Å². The molecule has 38 heavy (non-hydrogen) atoms. The van der Waals surface area contributed by atoms with Gasteiger partial charge in [0.15, 0.2) is 0 Å². The summed E-state index contributed by atoms with van der Waals surface area (Å²) in [5, 5.41) is 2.14. The molecule has 3 aliphatic heterocycles. The van der Waals surface area contributed by atoms with Crippen LogP contribution in [0.4, 0.5) is 0 Å². The maximum Gasteiger partial charge on any atom is 0.255 e. The Bertz CT molecular complexity index is 1260. The Labute approximate surface area is 228 Å². The number of amides is 3. The molecule has 0 radical (unpaired) electrons. The van der Waals surface area contributed by atoms with Gasteiger partial charge in [0.25, 0.3) is 5.91 Å². The lowest BCUT2D eigenvalue weighted by Gasteiger charge is -2.52. The van der Waals surface area contributed by atoms with E-state index in [-0.39, 0.29) is 29.6 Å². The summed E-state index contributed by atoms with van der Waals surface area (Å²) >= 11 is 0. The second-order valence-corrected chi connectivity index (χ2v) is 11.3. The van der Waals surface area contributed by atoms with Crippen LogP contribution in [0.15, 0.2) is 42.5 Å². The van der Waals surface area contributed by atoms with Crippen molar-refractivity contribution in [1.82, 2.24) is 15.1 Å². The highest BCUT2D eigenvalue weighted by atomic mass is 16.5. The minimum Gasteiger partial charge on any atom is -0.489 e. The van der Waals surface area contributed by atoms with Crippen molar-refractivity contribution in [2.75, 3.05) is 0 Å². The van der Waals surface area contributed by atoms with Gasteiger partial charge in [0, 0.05) is 35.5 Å². The lowest BCUT2D eigenvalue weighted by molar-refractivity contribution is -0.136. The number of piperidine rings is 1. The second-order valence-electron chi connectivity index (χ2n) is 11.3. The van der Waals surface area contributed by atoms with Crippen LogP contribution >= 0.6 is 0 Å². The van der Waals surface area contributed by atoms with E-state index in [0.29, 0.717) is 42.8 Å². The Morgan fingerprint density at radius 3 is 2.45 bits per heavy atom. The zero-order valence-electron chi connectivity index (χ0n) is 22.8. The van der Waals surface area contributed by atoms with Crippen molar-refractivity contribution in [2.45, 2.75) is 61.9 Å². The highest BCUT2D eigenvalue weighted by Gasteiger charge is 2.42.